The van der Waals surface area contributed by atoms with Gasteiger partial charge in [-0.25, -0.2) is 0 Å². The van der Waals surface area contributed by atoms with Gasteiger partial charge in [-0.05, 0) is 62.1 Å². The van der Waals surface area contributed by atoms with Crippen molar-refractivity contribution < 1.29 is 9.59 Å². The maximum Gasteiger partial charge on any atom is 0.257 e. The van der Waals surface area contributed by atoms with Crippen LogP contribution in [0.5, 0.6) is 0 Å². The predicted molar refractivity (Wildman–Crippen MR) is 113 cm³/mol. The molecule has 1 N–H and O–H groups in total. The molecule has 6 heteroatoms. The Morgan fingerprint density at radius 3 is 2.71 bits per heavy atom. The number of carbonyl (C=O) groups excluding carboxylic acids is 2. The van der Waals surface area contributed by atoms with Crippen LogP contribution >= 0.6 is 15.9 Å². The van der Waals surface area contributed by atoms with Crippen LogP contribution in [0.2, 0.25) is 0 Å². The second-order valence-electron chi connectivity index (χ2n) is 7.30. The van der Waals surface area contributed by atoms with Gasteiger partial charge in [0.2, 0.25) is 0 Å². The molecule has 4 rings (SSSR count). The zero-order valence-electron chi connectivity index (χ0n) is 16.0. The van der Waals surface area contributed by atoms with Crippen LogP contribution in [0.3, 0.4) is 0 Å². The highest BCUT2D eigenvalue weighted by Crippen LogP contribution is 2.35. The Balaban J connectivity index is 1.56. The smallest absolute Gasteiger partial charge is 0.257 e. The number of amides is 2. The van der Waals surface area contributed by atoms with Gasteiger partial charge in [-0.1, -0.05) is 28.1 Å². The summed E-state index contributed by atoms with van der Waals surface area (Å²) in [6.45, 7) is 4.20. The maximum absolute atomic E-state index is 12.9. The molecular formula is C22H24BrN3O2. The molecule has 1 unspecified atom stereocenters. The zero-order valence-corrected chi connectivity index (χ0v) is 17.5. The Labute approximate surface area is 173 Å². The summed E-state index contributed by atoms with van der Waals surface area (Å²) in [7, 11) is 0. The average molecular weight is 442 g/mol. The van der Waals surface area contributed by atoms with Gasteiger partial charge in [0.1, 0.15) is 6.17 Å². The second kappa shape index (κ2) is 7.95. The molecule has 0 aromatic heterocycles. The third-order valence-corrected chi connectivity index (χ3v) is 6.13. The minimum Gasteiger partial charge on any atom is -0.351 e. The van der Waals surface area contributed by atoms with Crippen LogP contribution in [0.4, 0.5) is 5.69 Å². The van der Waals surface area contributed by atoms with Crippen molar-refractivity contribution in [2.24, 2.45) is 0 Å². The fraction of sp³-hybridized carbons (Fsp3) is 0.364. The van der Waals surface area contributed by atoms with Gasteiger partial charge in [0.05, 0.1) is 11.3 Å². The maximum atomic E-state index is 12.9. The van der Waals surface area contributed by atoms with Crippen molar-refractivity contribution in [3.8, 4) is 0 Å². The van der Waals surface area contributed by atoms with Gasteiger partial charge in [0.25, 0.3) is 11.8 Å². The molecule has 5 nitrogen and oxygen atoms in total. The van der Waals surface area contributed by atoms with Gasteiger partial charge < -0.3 is 15.1 Å². The summed E-state index contributed by atoms with van der Waals surface area (Å²) in [5.74, 6) is -0.0356. The first-order valence-electron chi connectivity index (χ1n) is 9.83. The van der Waals surface area contributed by atoms with Crippen molar-refractivity contribution >= 4 is 33.4 Å². The molecule has 1 fully saturated rings. The van der Waals surface area contributed by atoms with Crippen LogP contribution in [-0.4, -0.2) is 36.0 Å². The fourth-order valence-corrected chi connectivity index (χ4v) is 4.41. The summed E-state index contributed by atoms with van der Waals surface area (Å²) in [5, 5.41) is 2.97. The topological polar surface area (TPSA) is 52.7 Å². The third kappa shape index (κ3) is 3.53. The monoisotopic (exact) mass is 441 g/mol. The number of nitrogens with zero attached hydrogens (tertiary/aromatic N) is 2. The molecule has 1 saturated heterocycles. The lowest BCUT2D eigenvalue weighted by atomic mass is 9.97. The highest BCUT2D eigenvalue weighted by atomic mass is 79.9. The quantitative estimate of drug-likeness (QED) is 0.774. The first kappa shape index (κ1) is 19.0. The molecule has 0 saturated carbocycles. The Morgan fingerprint density at radius 2 is 1.96 bits per heavy atom. The van der Waals surface area contributed by atoms with Gasteiger partial charge >= 0.3 is 0 Å². The van der Waals surface area contributed by atoms with Crippen LogP contribution in [0.1, 0.15) is 52.5 Å². The van der Waals surface area contributed by atoms with Gasteiger partial charge in [-0.3, -0.25) is 9.59 Å². The molecule has 0 aliphatic carbocycles. The SMILES string of the molecule is CCN1c2cc(C(=O)NCc3ccc(Br)cc3)ccc2C(=O)N2CCCCC21. The van der Waals surface area contributed by atoms with E-state index in [1.54, 1.807) is 12.1 Å². The van der Waals surface area contributed by atoms with Crippen LogP contribution in [0.15, 0.2) is 46.9 Å². The summed E-state index contributed by atoms with van der Waals surface area (Å²) in [4.78, 5) is 29.9. The number of benzene rings is 2. The van der Waals surface area contributed by atoms with Gasteiger partial charge in [0.15, 0.2) is 0 Å². The molecule has 146 valence electrons. The molecule has 2 aromatic carbocycles. The number of hydrogen-bond acceptors (Lipinski definition) is 3. The number of hydrogen-bond donors (Lipinski definition) is 1. The number of rotatable bonds is 4. The summed E-state index contributed by atoms with van der Waals surface area (Å²) >= 11 is 3.42. The van der Waals surface area contributed by atoms with Crippen molar-refractivity contribution in [2.45, 2.75) is 38.9 Å². The van der Waals surface area contributed by atoms with E-state index in [9.17, 15) is 9.59 Å². The summed E-state index contributed by atoms with van der Waals surface area (Å²) in [5.41, 5.74) is 3.21. The first-order valence-corrected chi connectivity index (χ1v) is 10.6. The molecule has 2 aliphatic rings. The minimum atomic E-state index is -0.125. The Hall–Kier alpha value is -2.34. The number of nitrogens with one attached hydrogen (secondary N) is 1. The molecule has 2 aromatic rings. The van der Waals surface area contributed by atoms with Gasteiger partial charge in [-0.15, -0.1) is 0 Å². The highest BCUT2D eigenvalue weighted by molar-refractivity contribution is 9.10. The summed E-state index contributed by atoms with van der Waals surface area (Å²) in [6.07, 6.45) is 3.29. The molecule has 28 heavy (non-hydrogen) atoms. The zero-order chi connectivity index (χ0) is 19.7. The predicted octanol–water partition coefficient (Wildman–Crippen LogP) is 4.17. The van der Waals surface area contributed by atoms with E-state index in [0.717, 1.165) is 48.1 Å². The lowest BCUT2D eigenvalue weighted by Crippen LogP contribution is -2.57. The van der Waals surface area contributed by atoms with Gasteiger partial charge in [-0.2, -0.15) is 0 Å². The summed E-state index contributed by atoms with van der Waals surface area (Å²) < 4.78 is 1.01. The Bertz CT molecular complexity index is 897. The fourth-order valence-electron chi connectivity index (χ4n) is 4.15. The normalized spacial score (nSPS) is 18.5. The highest BCUT2D eigenvalue weighted by Gasteiger charge is 2.38. The van der Waals surface area contributed by atoms with Crippen molar-refractivity contribution in [1.29, 1.82) is 0 Å². The minimum absolute atomic E-state index is 0.0891. The van der Waals surface area contributed by atoms with Crippen molar-refractivity contribution in [3.05, 3.63) is 63.6 Å². The van der Waals surface area contributed by atoms with E-state index in [1.807, 2.05) is 35.2 Å². The van der Waals surface area contributed by atoms with E-state index in [0.29, 0.717) is 17.7 Å². The van der Waals surface area contributed by atoms with E-state index in [4.69, 9.17) is 0 Å². The van der Waals surface area contributed by atoms with Crippen molar-refractivity contribution in [2.75, 3.05) is 18.0 Å². The van der Waals surface area contributed by atoms with E-state index < -0.39 is 0 Å². The molecule has 1 atom stereocenters. The van der Waals surface area contributed by atoms with Crippen LogP contribution < -0.4 is 10.2 Å². The molecule has 2 aliphatic heterocycles. The lowest BCUT2D eigenvalue weighted by molar-refractivity contribution is 0.0582. The number of anilines is 1. The van der Waals surface area contributed by atoms with E-state index in [2.05, 4.69) is 33.1 Å². The lowest BCUT2D eigenvalue weighted by Gasteiger charge is -2.47. The van der Waals surface area contributed by atoms with E-state index in [-0.39, 0.29) is 18.0 Å². The largest absolute Gasteiger partial charge is 0.351 e. The van der Waals surface area contributed by atoms with Crippen LogP contribution in [0, 0.1) is 0 Å². The number of halogens is 1. The van der Waals surface area contributed by atoms with E-state index >= 15 is 0 Å². The summed E-state index contributed by atoms with van der Waals surface area (Å²) in [6, 6.07) is 13.3. The standard InChI is InChI=1S/C22H24BrN3O2/c1-2-25-19-13-16(21(27)24-14-15-6-9-17(23)10-7-15)8-11-18(19)22(28)26-12-4-3-5-20(25)26/h6-11,13,20H,2-5,12,14H2,1H3,(H,24,27). The molecule has 0 radical (unpaired) electrons. The van der Waals surface area contributed by atoms with Crippen molar-refractivity contribution in [3.63, 3.8) is 0 Å². The third-order valence-electron chi connectivity index (χ3n) is 5.60. The molecule has 0 bridgehead atoms. The van der Waals surface area contributed by atoms with Gasteiger partial charge in [0, 0.05) is 29.7 Å². The molecular weight excluding hydrogens is 418 g/mol. The van der Waals surface area contributed by atoms with Crippen LogP contribution in [-0.2, 0) is 6.54 Å². The number of carbonyl (C=O) groups is 2. The molecule has 2 heterocycles. The first-order chi connectivity index (χ1) is 13.6. The molecule has 2 amide bonds. The average Bonchev–Trinajstić information content (AvgIpc) is 2.73. The van der Waals surface area contributed by atoms with E-state index in [1.165, 1.54) is 0 Å². The number of fused-ring (bicyclic) bond motifs is 2. The Morgan fingerprint density at radius 1 is 1.18 bits per heavy atom. The Kier molecular flexibility index (Phi) is 5.40. The number of piperidine rings is 1. The second-order valence-corrected chi connectivity index (χ2v) is 8.22. The van der Waals surface area contributed by atoms with Crippen LogP contribution in [0.25, 0.3) is 0 Å². The molecule has 0 spiro atoms. The van der Waals surface area contributed by atoms with Crippen molar-refractivity contribution in [1.82, 2.24) is 10.2 Å².